The fourth-order valence-electron chi connectivity index (χ4n) is 10.0. The Morgan fingerprint density at radius 3 is 1.55 bits per heavy atom. The molecule has 3 aliphatic rings. The van der Waals surface area contributed by atoms with E-state index in [4.69, 9.17) is 57.2 Å². The number of anilines is 1. The van der Waals surface area contributed by atoms with Crippen LogP contribution in [0, 0.1) is 23.7 Å². The monoisotopic (exact) mass is 1470 g/mol. The van der Waals surface area contributed by atoms with Gasteiger partial charge in [0.2, 0.25) is 16.8 Å². The number of aliphatic hydroxyl groups is 2. The third-order valence-corrected chi connectivity index (χ3v) is 16.1. The van der Waals surface area contributed by atoms with Gasteiger partial charge in [0.25, 0.3) is 11.8 Å². The molecule has 18 N–H and O–H groups in total. The second-order valence-corrected chi connectivity index (χ2v) is 25.8. The molecule has 100 heavy (non-hydrogen) atoms. The molecule has 2 heterocycles. The van der Waals surface area contributed by atoms with Crippen LogP contribution in [0.25, 0.3) is 0 Å². The Balaban J connectivity index is 0. The number of halogens is 3. The zero-order valence-corrected chi connectivity index (χ0v) is 62.4. The number of ketones is 2. The zero-order valence-electron chi connectivity index (χ0n) is 60.1. The third-order valence-electron chi connectivity index (χ3n) is 15.6. The summed E-state index contributed by atoms with van der Waals surface area (Å²) in [6.07, 6.45) is 10.1. The van der Waals surface area contributed by atoms with Crippen LogP contribution < -0.4 is 61.7 Å². The molecule has 1 aromatic carbocycles. The molecule has 1 aromatic rings. The van der Waals surface area contributed by atoms with Crippen LogP contribution >= 0.6 is 24.0 Å². The predicted octanol–water partition coefficient (Wildman–Crippen LogP) is 1.15. The number of phenolic OH excluding ortho intramolecular Hbond substituents is 2. The van der Waals surface area contributed by atoms with Crippen molar-refractivity contribution in [3.63, 3.8) is 0 Å². The molecule has 4 amide bonds. The minimum Gasteiger partial charge on any atom is -1.00 e. The Morgan fingerprint density at radius 2 is 1.18 bits per heavy atom. The van der Waals surface area contributed by atoms with E-state index in [1.165, 1.54) is 60.5 Å². The van der Waals surface area contributed by atoms with E-state index >= 15 is 0 Å². The predicted molar refractivity (Wildman–Crippen MR) is 376 cm³/mol. The van der Waals surface area contributed by atoms with Crippen molar-refractivity contribution in [1.29, 1.82) is 0 Å². The van der Waals surface area contributed by atoms with Gasteiger partial charge in [0.1, 0.15) is 29.5 Å². The van der Waals surface area contributed by atoms with Crippen molar-refractivity contribution < 1.29 is 116 Å². The van der Waals surface area contributed by atoms with Crippen LogP contribution in [0.3, 0.4) is 0 Å². The van der Waals surface area contributed by atoms with Crippen molar-refractivity contribution in [3.05, 3.63) is 131 Å². The summed E-state index contributed by atoms with van der Waals surface area (Å²) in [4.78, 5) is 96.0. The number of methoxy groups -OCH3 is 4. The van der Waals surface area contributed by atoms with E-state index < -0.39 is 119 Å². The van der Waals surface area contributed by atoms with Gasteiger partial charge in [-0.25, -0.2) is 9.59 Å². The van der Waals surface area contributed by atoms with Gasteiger partial charge in [-0.15, -0.1) is 19.0 Å². The summed E-state index contributed by atoms with van der Waals surface area (Å²) >= 11 is 4.99. The summed E-state index contributed by atoms with van der Waals surface area (Å²) in [5, 5.41) is 63.9. The van der Waals surface area contributed by atoms with Gasteiger partial charge in [-0.05, 0) is 122 Å². The molecule has 0 spiro atoms. The number of carbonyl (C=O) groups is 8. The van der Waals surface area contributed by atoms with E-state index in [2.05, 4.69) is 34.8 Å². The average Bonchev–Trinajstić information content (AvgIpc) is 0.852. The number of benzene rings is 1. The van der Waals surface area contributed by atoms with Crippen molar-refractivity contribution in [1.82, 2.24) is 10.6 Å². The van der Waals surface area contributed by atoms with Crippen molar-refractivity contribution in [2.75, 3.05) is 46.8 Å². The highest BCUT2D eigenvalue weighted by Gasteiger charge is 2.35. The molecule has 1 aliphatic carbocycles. The van der Waals surface area contributed by atoms with Crippen molar-refractivity contribution in [2.24, 2.45) is 40.9 Å². The minimum atomic E-state index is -1.12. The summed E-state index contributed by atoms with van der Waals surface area (Å²) in [5.74, 6) is -4.54. The van der Waals surface area contributed by atoms with Crippen LogP contribution in [0.15, 0.2) is 125 Å². The lowest BCUT2D eigenvalue weighted by Crippen LogP contribution is -3.00. The number of carboxylic acids is 1. The molecule has 2 aliphatic heterocycles. The Bertz CT molecular complexity index is 3210. The van der Waals surface area contributed by atoms with Gasteiger partial charge < -0.3 is 115 Å². The fraction of sp³-hybridized carbons (Fsp3) is 0.514. The number of Topliss-reactive ketones (excluding diaryl/α,β-unsaturated/α-hetero) is 1. The highest BCUT2D eigenvalue weighted by molar-refractivity contribution is 6.65. The van der Waals surface area contributed by atoms with Crippen molar-refractivity contribution in [3.8, 4) is 11.5 Å². The van der Waals surface area contributed by atoms with E-state index in [1.807, 2.05) is 20.8 Å². The van der Waals surface area contributed by atoms with Crippen LogP contribution in [-0.4, -0.2) is 169 Å². The number of ether oxygens (including phenoxy) is 6. The Hall–Kier alpha value is -7.51. The maximum atomic E-state index is 13.5. The van der Waals surface area contributed by atoms with Crippen LogP contribution in [0.1, 0.15) is 108 Å². The number of rotatable bonds is 14. The second kappa shape index (κ2) is 45.4. The van der Waals surface area contributed by atoms with Gasteiger partial charge in [-0.1, -0.05) is 89.0 Å². The van der Waals surface area contributed by atoms with Gasteiger partial charge in [0.15, 0.2) is 23.6 Å². The second-order valence-electron chi connectivity index (χ2n) is 25.5. The molecule has 0 radical (unpaired) electrons. The first-order valence-electron chi connectivity index (χ1n) is 31.6. The van der Waals surface area contributed by atoms with Crippen LogP contribution in [0.4, 0.5) is 21.0 Å². The van der Waals surface area contributed by atoms with Gasteiger partial charge in [-0.3, -0.25) is 24.0 Å². The maximum absolute atomic E-state index is 13.5. The van der Waals surface area contributed by atoms with Crippen molar-refractivity contribution in [2.45, 2.75) is 169 Å². The number of nitrogens with one attached hydrogen (secondary N) is 3. The standard InChI is InChI=1S/C31H45N3O8.C31H43N3O8.C4H8ClNO.C4H9NO2.2ClH/c2*1-8-12-33-26-21-13-17(2)14-25(41-7)27(36)19(4)15-20(5)29(42-31(32)39)24(40-6)11-9-10-18(3)30(38)34-22(28(21)37)16-23(26)35;1-4(2,6)3(5)7;1-4(2,5)3(6)7;;/h8-11,15-17,19,24-25,27,29,33,35-37H,1,12-14H2,2-7H3,(H2,32,39)(H,34,38);8-11,15-17,19,24-25,27,29,33,36H,1,12-14H2,2-7H3,(H2,32,39)(H,34,38);6H2,1-2H3;5H2,1-2H3,(H,6,7);2*1H/b2*11-9-,18-10+,20-15+;;;;/t2*17-,19+,24+,25+,27-,29+;;;;/m11..../s1. The number of aromatic hydroxyl groups is 2. The molecule has 562 valence electrons. The van der Waals surface area contributed by atoms with Gasteiger partial charge >= 0.3 is 12.2 Å². The number of hydrogen-bond acceptors (Lipinski definition) is 21. The first kappa shape index (κ1) is 94.5. The van der Waals surface area contributed by atoms with E-state index in [-0.39, 0.29) is 89.3 Å². The highest BCUT2D eigenvalue weighted by atomic mass is 35.5. The van der Waals surface area contributed by atoms with Gasteiger partial charge in [-0.2, -0.15) is 0 Å². The average molecular weight is 1470 g/mol. The summed E-state index contributed by atoms with van der Waals surface area (Å²) in [6, 6.07) is 1.31. The third kappa shape index (κ3) is 31.2. The van der Waals surface area contributed by atoms with Gasteiger partial charge in [0.05, 0.1) is 59.1 Å². The van der Waals surface area contributed by atoms with E-state index in [1.54, 1.807) is 102 Å². The molecule has 0 aromatic heterocycles. The number of aliphatic carboxylic acids is 1. The van der Waals surface area contributed by atoms with Crippen LogP contribution in [-0.2, 0) is 63.6 Å². The molecule has 27 nitrogen and oxygen atoms in total. The number of nitrogens with two attached hydrogens (primary N) is 4. The quantitative estimate of drug-likeness (QED) is 0.0310. The fourth-order valence-corrected chi connectivity index (χ4v) is 10.0. The van der Waals surface area contributed by atoms with Crippen molar-refractivity contribution >= 4 is 82.2 Å². The number of phenols is 2. The summed E-state index contributed by atoms with van der Waals surface area (Å²) in [6.45, 7) is 28.3. The molecule has 0 saturated carbocycles. The number of primary amides is 2. The van der Waals surface area contributed by atoms with E-state index in [9.17, 15) is 63.9 Å². The number of aliphatic hydroxyl groups excluding tert-OH is 2. The molecule has 12 atom stereocenters. The molecule has 0 saturated heterocycles. The SMILES string of the molecule is C=CCNC1=C2C[C@@H](C)C[C@H](OC)[C@H](O)[C@@H](C)/C=C(\C)[C@H](OC(N)=O)[C@@H](OC)/C=C\C=C(/C)C(=O)NC(=CC1=O)C2=O.C=CC[NH2+]c1c(O)cc2c(O)c1C[C@@H](C)C[C@H](OC)[C@H](O)[C@@H](C)/C=C(\C)[C@H](OC(N)=O)[C@@H](OC)/C=C\C=C(/C)C(=O)N2.CC(C)(N)C(=O)Cl.CC(C)([NH3+])C(=O)[O-].Cl.[Cl-]. The topological polar surface area (TPSA) is 454 Å². The summed E-state index contributed by atoms with van der Waals surface area (Å²) < 4.78 is 33.2. The Labute approximate surface area is 604 Å². The number of carbonyl (C=O) groups excluding carboxylic acids is 8. The molecule has 0 fully saturated rings. The van der Waals surface area contributed by atoms with Crippen LogP contribution in [0.2, 0.25) is 0 Å². The first-order chi connectivity index (χ1) is 45.6. The van der Waals surface area contributed by atoms with Gasteiger partial charge in [0, 0.05) is 75.7 Å². The zero-order chi connectivity index (χ0) is 75.3. The number of allylic oxidation sites excluding steroid dienone is 6. The molecule has 30 heteroatoms. The Morgan fingerprint density at radius 1 is 0.760 bits per heavy atom. The summed E-state index contributed by atoms with van der Waals surface area (Å²) in [5.41, 5.74) is 20.3. The number of quaternary nitrogens is 2. The lowest BCUT2D eigenvalue weighted by atomic mass is 9.85. The maximum Gasteiger partial charge on any atom is 0.405 e. The number of hydrogen-bond donors (Lipinski definition) is 12. The number of fused-ring (bicyclic) bond motifs is 4. The lowest BCUT2D eigenvalue weighted by Gasteiger charge is -2.30. The minimum absolute atomic E-state index is 0. The van der Waals surface area contributed by atoms with Crippen LogP contribution in [0.5, 0.6) is 11.5 Å². The molecule has 4 rings (SSSR count). The molecular weight excluding hydrogens is 1360 g/mol. The van der Waals surface area contributed by atoms with E-state index in [0.29, 0.717) is 53.8 Å². The molecular formula is C70H107Cl3N8O19. The number of amides is 4. The number of carboxylic acid groups (broad SMARTS) is 1. The highest BCUT2D eigenvalue weighted by Crippen LogP contribution is 2.41. The summed E-state index contributed by atoms with van der Waals surface area (Å²) in [7, 11) is 5.88. The normalized spacial score (nSPS) is 27.2. The largest absolute Gasteiger partial charge is 1.00 e. The van der Waals surface area contributed by atoms with E-state index in [0.717, 1.165) is 6.08 Å². The smallest absolute Gasteiger partial charge is 0.405 e. The molecule has 0 unspecified atom stereocenters. The lowest BCUT2D eigenvalue weighted by molar-refractivity contribution is -0.562. The molecule has 4 bridgehead atoms. The first-order valence-corrected chi connectivity index (χ1v) is 32.0. The Kier molecular flexibility index (Phi) is 42.9.